The molecule has 1 fully saturated rings. The zero-order chi connectivity index (χ0) is 13.0. The van der Waals surface area contributed by atoms with Crippen LogP contribution in [-0.2, 0) is 11.3 Å². The van der Waals surface area contributed by atoms with Crippen molar-refractivity contribution in [2.45, 2.75) is 39.7 Å². The molecule has 0 bridgehead atoms. The van der Waals surface area contributed by atoms with Crippen molar-refractivity contribution in [3.05, 3.63) is 11.9 Å². The van der Waals surface area contributed by atoms with Crippen LogP contribution in [0.3, 0.4) is 0 Å². The number of carbonyl (C=O) groups is 1. The van der Waals surface area contributed by atoms with E-state index in [0.717, 1.165) is 43.9 Å². The molecule has 1 aromatic rings. The third-order valence-electron chi connectivity index (χ3n) is 3.48. The van der Waals surface area contributed by atoms with Crippen molar-refractivity contribution in [3.63, 3.8) is 0 Å². The number of rotatable bonds is 4. The maximum absolute atomic E-state index is 12.0. The Morgan fingerprint density at radius 1 is 1.56 bits per heavy atom. The zero-order valence-corrected chi connectivity index (χ0v) is 11.2. The van der Waals surface area contributed by atoms with Crippen LogP contribution in [0, 0.1) is 12.8 Å². The summed E-state index contributed by atoms with van der Waals surface area (Å²) in [7, 11) is 0. The van der Waals surface area contributed by atoms with E-state index in [0.29, 0.717) is 12.3 Å². The molecule has 1 aromatic heterocycles. The van der Waals surface area contributed by atoms with E-state index < -0.39 is 0 Å². The standard InChI is InChI=1S/C13H22N4O/c1-3-17-9-12(10(2)16-17)15-13(18)8-11-4-6-14-7-5-11/h9,11,14H,3-8H2,1-2H3,(H,15,18). The van der Waals surface area contributed by atoms with Gasteiger partial charge in [0.1, 0.15) is 0 Å². The molecule has 0 aliphatic carbocycles. The van der Waals surface area contributed by atoms with Crippen LogP contribution in [0.2, 0.25) is 0 Å². The van der Waals surface area contributed by atoms with Gasteiger partial charge in [-0.25, -0.2) is 0 Å². The Morgan fingerprint density at radius 2 is 2.28 bits per heavy atom. The van der Waals surface area contributed by atoms with Gasteiger partial charge in [-0.3, -0.25) is 9.48 Å². The Hall–Kier alpha value is -1.36. The second-order valence-electron chi connectivity index (χ2n) is 4.93. The minimum atomic E-state index is 0.112. The lowest BCUT2D eigenvalue weighted by atomic mass is 9.94. The second kappa shape index (κ2) is 6.00. The van der Waals surface area contributed by atoms with Gasteiger partial charge in [0, 0.05) is 19.2 Å². The number of hydrogen-bond acceptors (Lipinski definition) is 3. The number of aromatic nitrogens is 2. The van der Waals surface area contributed by atoms with E-state index in [2.05, 4.69) is 15.7 Å². The third-order valence-corrected chi connectivity index (χ3v) is 3.48. The van der Waals surface area contributed by atoms with Crippen molar-refractivity contribution in [3.8, 4) is 0 Å². The van der Waals surface area contributed by atoms with E-state index in [-0.39, 0.29) is 5.91 Å². The zero-order valence-electron chi connectivity index (χ0n) is 11.2. The Kier molecular flexibility index (Phi) is 4.36. The Labute approximate surface area is 108 Å². The predicted octanol–water partition coefficient (Wildman–Crippen LogP) is 1.54. The molecule has 18 heavy (non-hydrogen) atoms. The first-order chi connectivity index (χ1) is 8.69. The largest absolute Gasteiger partial charge is 0.323 e. The number of nitrogens with one attached hydrogen (secondary N) is 2. The van der Waals surface area contributed by atoms with Crippen molar-refractivity contribution >= 4 is 11.6 Å². The predicted molar refractivity (Wildman–Crippen MR) is 71.5 cm³/mol. The lowest BCUT2D eigenvalue weighted by Gasteiger charge is -2.21. The van der Waals surface area contributed by atoms with Crippen LogP contribution in [0.15, 0.2) is 6.20 Å². The average molecular weight is 250 g/mol. The Morgan fingerprint density at radius 3 is 2.89 bits per heavy atom. The highest BCUT2D eigenvalue weighted by atomic mass is 16.1. The summed E-state index contributed by atoms with van der Waals surface area (Å²) >= 11 is 0. The normalized spacial score (nSPS) is 16.8. The molecule has 2 N–H and O–H groups in total. The van der Waals surface area contributed by atoms with Gasteiger partial charge in [0.2, 0.25) is 5.91 Å². The van der Waals surface area contributed by atoms with Crippen LogP contribution in [0.5, 0.6) is 0 Å². The summed E-state index contributed by atoms with van der Waals surface area (Å²) in [6.45, 7) is 6.85. The summed E-state index contributed by atoms with van der Waals surface area (Å²) < 4.78 is 1.84. The van der Waals surface area contributed by atoms with Crippen LogP contribution < -0.4 is 10.6 Å². The van der Waals surface area contributed by atoms with Crippen molar-refractivity contribution in [1.29, 1.82) is 0 Å². The van der Waals surface area contributed by atoms with E-state index in [4.69, 9.17) is 0 Å². The molecule has 1 saturated heterocycles. The smallest absolute Gasteiger partial charge is 0.224 e. The molecule has 1 aliphatic rings. The molecule has 2 rings (SSSR count). The highest BCUT2D eigenvalue weighted by molar-refractivity contribution is 5.91. The third kappa shape index (κ3) is 3.32. The lowest BCUT2D eigenvalue weighted by Crippen LogP contribution is -2.30. The number of aryl methyl sites for hydroxylation is 2. The van der Waals surface area contributed by atoms with Gasteiger partial charge >= 0.3 is 0 Å². The topological polar surface area (TPSA) is 59.0 Å². The molecule has 2 heterocycles. The highest BCUT2D eigenvalue weighted by Gasteiger charge is 2.17. The summed E-state index contributed by atoms with van der Waals surface area (Å²) in [6, 6.07) is 0. The van der Waals surface area contributed by atoms with Gasteiger partial charge in [-0.05, 0) is 45.7 Å². The Bertz CT molecular complexity index is 407. The fraction of sp³-hybridized carbons (Fsp3) is 0.692. The second-order valence-corrected chi connectivity index (χ2v) is 4.93. The van der Waals surface area contributed by atoms with Gasteiger partial charge in [-0.2, -0.15) is 5.10 Å². The maximum Gasteiger partial charge on any atom is 0.224 e. The summed E-state index contributed by atoms with van der Waals surface area (Å²) in [5, 5.41) is 10.6. The molecule has 5 heteroatoms. The minimum Gasteiger partial charge on any atom is -0.323 e. The van der Waals surface area contributed by atoms with E-state index in [1.54, 1.807) is 0 Å². The number of amides is 1. The van der Waals surface area contributed by atoms with Gasteiger partial charge < -0.3 is 10.6 Å². The highest BCUT2D eigenvalue weighted by Crippen LogP contribution is 2.18. The van der Waals surface area contributed by atoms with Crippen LogP contribution in [0.1, 0.15) is 31.9 Å². The first-order valence-corrected chi connectivity index (χ1v) is 6.73. The first kappa shape index (κ1) is 13.1. The molecule has 0 atom stereocenters. The van der Waals surface area contributed by atoms with Crippen molar-refractivity contribution in [1.82, 2.24) is 15.1 Å². The van der Waals surface area contributed by atoms with Crippen LogP contribution >= 0.6 is 0 Å². The summed E-state index contributed by atoms with van der Waals surface area (Å²) in [5.74, 6) is 0.633. The molecule has 0 saturated carbocycles. The van der Waals surface area contributed by atoms with E-state index >= 15 is 0 Å². The lowest BCUT2D eigenvalue weighted by molar-refractivity contribution is -0.117. The quantitative estimate of drug-likeness (QED) is 0.852. The minimum absolute atomic E-state index is 0.112. The van der Waals surface area contributed by atoms with Crippen molar-refractivity contribution < 1.29 is 4.79 Å². The van der Waals surface area contributed by atoms with Gasteiger partial charge in [0.25, 0.3) is 0 Å². The fourth-order valence-corrected chi connectivity index (χ4v) is 2.35. The first-order valence-electron chi connectivity index (χ1n) is 6.73. The summed E-state index contributed by atoms with van der Waals surface area (Å²) in [5.41, 5.74) is 1.73. The van der Waals surface area contributed by atoms with E-state index in [1.807, 2.05) is 24.7 Å². The number of carbonyl (C=O) groups excluding carboxylic acids is 1. The van der Waals surface area contributed by atoms with Crippen molar-refractivity contribution in [2.75, 3.05) is 18.4 Å². The summed E-state index contributed by atoms with van der Waals surface area (Å²) in [4.78, 5) is 12.0. The fourth-order valence-electron chi connectivity index (χ4n) is 2.35. The molecule has 0 spiro atoms. The molecule has 0 aromatic carbocycles. The molecule has 1 aliphatic heterocycles. The van der Waals surface area contributed by atoms with E-state index in [1.165, 1.54) is 0 Å². The number of piperidine rings is 1. The van der Waals surface area contributed by atoms with Crippen LogP contribution in [0.4, 0.5) is 5.69 Å². The molecule has 100 valence electrons. The summed E-state index contributed by atoms with van der Waals surface area (Å²) in [6.07, 6.45) is 4.72. The number of hydrogen-bond donors (Lipinski definition) is 2. The molecular formula is C13H22N4O. The van der Waals surface area contributed by atoms with Gasteiger partial charge in [-0.1, -0.05) is 0 Å². The average Bonchev–Trinajstić information content (AvgIpc) is 2.71. The van der Waals surface area contributed by atoms with E-state index in [9.17, 15) is 4.79 Å². The number of anilines is 1. The molecule has 5 nitrogen and oxygen atoms in total. The number of nitrogens with zero attached hydrogens (tertiary/aromatic N) is 2. The SMILES string of the molecule is CCn1cc(NC(=O)CC2CCNCC2)c(C)n1. The van der Waals surface area contributed by atoms with Gasteiger partial charge in [-0.15, -0.1) is 0 Å². The van der Waals surface area contributed by atoms with Crippen LogP contribution in [-0.4, -0.2) is 28.8 Å². The molecule has 1 amide bonds. The van der Waals surface area contributed by atoms with Gasteiger partial charge in [0.15, 0.2) is 0 Å². The molecular weight excluding hydrogens is 228 g/mol. The molecule has 0 radical (unpaired) electrons. The molecule has 0 unspecified atom stereocenters. The van der Waals surface area contributed by atoms with Crippen molar-refractivity contribution in [2.24, 2.45) is 5.92 Å². The van der Waals surface area contributed by atoms with Crippen LogP contribution in [0.25, 0.3) is 0 Å². The maximum atomic E-state index is 12.0. The monoisotopic (exact) mass is 250 g/mol. The Balaban J connectivity index is 1.87. The van der Waals surface area contributed by atoms with Gasteiger partial charge in [0.05, 0.1) is 11.4 Å².